The van der Waals surface area contributed by atoms with Crippen molar-refractivity contribution in [2.45, 2.75) is 76.7 Å². The Morgan fingerprint density at radius 1 is 0.478 bits per heavy atom. The molecule has 352 valence electrons. The molecule has 0 amide bonds. The molecule has 0 radical (unpaired) electrons. The monoisotopic (exact) mass is 950 g/mol. The van der Waals surface area contributed by atoms with Gasteiger partial charge in [0.05, 0.1) is 13.1 Å². The maximum Gasteiger partial charge on any atom is 0.430 e. The summed E-state index contributed by atoms with van der Waals surface area (Å²) < 4.78 is 184. The number of benzene rings is 4. The maximum absolute atomic E-state index is 13.5. The van der Waals surface area contributed by atoms with Gasteiger partial charge in [-0.05, 0) is 113 Å². The van der Waals surface area contributed by atoms with Gasteiger partial charge >= 0.3 is 24.7 Å². The highest BCUT2D eigenvalue weighted by atomic mass is 19.4. The Kier molecular flexibility index (Phi) is 11.1. The summed E-state index contributed by atoms with van der Waals surface area (Å²) in [4.78, 5) is 9.18. The van der Waals surface area contributed by atoms with Crippen molar-refractivity contribution in [3.8, 4) is 34.4 Å². The molecular formula is C46H34F12N4O5. The van der Waals surface area contributed by atoms with Gasteiger partial charge in [0.2, 0.25) is 11.8 Å². The first-order valence-electron chi connectivity index (χ1n) is 19.8. The van der Waals surface area contributed by atoms with Crippen LogP contribution in [0.2, 0.25) is 0 Å². The molecule has 0 unspecified atom stereocenters. The van der Waals surface area contributed by atoms with E-state index in [0.717, 1.165) is 12.1 Å². The number of ether oxygens (including phenoxy) is 1. The first kappa shape index (κ1) is 46.8. The second-order valence-corrected chi connectivity index (χ2v) is 15.9. The molecule has 21 heteroatoms. The lowest BCUT2D eigenvalue weighted by atomic mass is 9.91. The lowest BCUT2D eigenvalue weighted by molar-refractivity contribution is -0.376. The van der Waals surface area contributed by atoms with Gasteiger partial charge in [-0.2, -0.15) is 52.7 Å². The number of hydrogen-bond acceptors (Lipinski definition) is 7. The van der Waals surface area contributed by atoms with E-state index in [2.05, 4.69) is 9.97 Å². The van der Waals surface area contributed by atoms with Gasteiger partial charge in [0.15, 0.2) is 0 Å². The zero-order chi connectivity index (χ0) is 48.8. The van der Waals surface area contributed by atoms with Crippen molar-refractivity contribution in [1.82, 2.24) is 19.1 Å². The molecule has 0 saturated heterocycles. The molecule has 0 saturated carbocycles. The van der Waals surface area contributed by atoms with Crippen molar-refractivity contribution >= 4 is 21.8 Å². The summed E-state index contributed by atoms with van der Waals surface area (Å²) in [7, 11) is 0. The van der Waals surface area contributed by atoms with Gasteiger partial charge < -0.3 is 32.9 Å². The SMILES string of the molecule is Cc1oc(-c2ccc(Oc3ccc(-c4nc(Cn5c(C)cc6cc(C(O)(C(F)(F)F)C(F)(F)F)ccc65)c(C)o4)cc3)cc2)nc1Cn1c(C)cc2cc(C(O)(C(F)(F)F)C(F)(F)F)ccc21. The molecule has 0 fully saturated rings. The van der Waals surface area contributed by atoms with Crippen molar-refractivity contribution in [1.29, 1.82) is 0 Å². The number of fused-ring (bicyclic) bond motifs is 2. The van der Waals surface area contributed by atoms with E-state index < -0.39 is 47.0 Å². The summed E-state index contributed by atoms with van der Waals surface area (Å²) in [6.07, 6.45) is -24.1. The second kappa shape index (κ2) is 16.0. The van der Waals surface area contributed by atoms with Crippen molar-refractivity contribution in [2.24, 2.45) is 0 Å². The smallest absolute Gasteiger partial charge is 0.430 e. The van der Waals surface area contributed by atoms with Gasteiger partial charge in [0.1, 0.15) is 34.4 Å². The van der Waals surface area contributed by atoms with E-state index in [1.165, 1.54) is 12.1 Å². The van der Waals surface area contributed by atoms with Crippen LogP contribution in [0.1, 0.15) is 45.4 Å². The van der Waals surface area contributed by atoms with E-state index in [1.54, 1.807) is 85.4 Å². The molecule has 0 aliphatic rings. The molecule has 2 N–H and O–H groups in total. The Labute approximate surface area is 370 Å². The lowest BCUT2D eigenvalue weighted by Crippen LogP contribution is -2.53. The molecule has 0 atom stereocenters. The zero-order valence-corrected chi connectivity index (χ0v) is 35.1. The molecule has 9 nitrogen and oxygen atoms in total. The third kappa shape index (κ3) is 8.06. The van der Waals surface area contributed by atoms with Crippen LogP contribution in [0.15, 0.2) is 106 Å². The minimum absolute atomic E-state index is 0.0433. The van der Waals surface area contributed by atoms with Crippen molar-refractivity contribution < 1.29 is 76.5 Å². The summed E-state index contributed by atoms with van der Waals surface area (Å²) in [5.41, 5.74) is -9.25. The van der Waals surface area contributed by atoms with Crippen LogP contribution >= 0.6 is 0 Å². The number of aliphatic hydroxyl groups is 2. The van der Waals surface area contributed by atoms with Crippen LogP contribution < -0.4 is 4.74 Å². The number of alkyl halides is 12. The number of rotatable bonds is 10. The number of halogens is 12. The van der Waals surface area contributed by atoms with E-state index in [-0.39, 0.29) is 35.6 Å². The summed E-state index contributed by atoms with van der Waals surface area (Å²) in [6, 6.07) is 20.9. The van der Waals surface area contributed by atoms with Crippen molar-refractivity contribution in [3.63, 3.8) is 0 Å². The Bertz CT molecular complexity index is 2900. The Hall–Kier alpha value is -6.74. The minimum Gasteiger partial charge on any atom is -0.457 e. The van der Waals surface area contributed by atoms with Crippen LogP contribution in [0, 0.1) is 27.7 Å². The van der Waals surface area contributed by atoms with Gasteiger partial charge in [-0.3, -0.25) is 0 Å². The standard InChI is InChI=1S/C46H34F12N4O5/c1-23-17-29-19-31(41(63,43(47,48)49)44(50,51)52)9-15-37(29)61(23)21-35-25(3)65-39(59-35)27-5-11-33(12-6-27)67-34-13-7-28(8-14-34)40-60-36(26(4)66-40)22-62-24(2)18-30-20-32(10-16-38(30)62)42(64,45(53,54)55)46(56,57)58/h5-20,63-64H,21-22H2,1-4H3. The van der Waals surface area contributed by atoms with Gasteiger partial charge in [-0.1, -0.05) is 12.1 Å². The molecule has 0 aliphatic heterocycles. The fraction of sp³-hybridized carbons (Fsp3) is 0.261. The minimum atomic E-state index is -6.03. The van der Waals surface area contributed by atoms with E-state index in [1.807, 2.05) is 0 Å². The molecule has 4 aromatic carbocycles. The van der Waals surface area contributed by atoms with Crippen LogP contribution in [0.4, 0.5) is 52.7 Å². The fourth-order valence-electron chi connectivity index (χ4n) is 7.83. The van der Waals surface area contributed by atoms with Crippen LogP contribution in [0.3, 0.4) is 0 Å². The van der Waals surface area contributed by atoms with Crippen LogP contribution in [-0.2, 0) is 24.3 Å². The van der Waals surface area contributed by atoms with E-state index in [4.69, 9.17) is 13.6 Å². The Morgan fingerprint density at radius 3 is 1.12 bits per heavy atom. The fourth-order valence-corrected chi connectivity index (χ4v) is 7.83. The first-order chi connectivity index (χ1) is 31.1. The van der Waals surface area contributed by atoms with Crippen LogP contribution in [0.25, 0.3) is 44.7 Å². The van der Waals surface area contributed by atoms with Gasteiger partial charge in [-0.25, -0.2) is 9.97 Å². The molecule has 4 aromatic heterocycles. The van der Waals surface area contributed by atoms with E-state index in [9.17, 15) is 62.9 Å². The molecule has 0 aliphatic carbocycles. The van der Waals surface area contributed by atoms with Crippen molar-refractivity contribution in [3.05, 3.63) is 142 Å². The van der Waals surface area contributed by atoms with Gasteiger partial charge in [0.25, 0.3) is 11.2 Å². The van der Waals surface area contributed by atoms with Crippen molar-refractivity contribution in [2.75, 3.05) is 0 Å². The average molecular weight is 951 g/mol. The largest absolute Gasteiger partial charge is 0.457 e. The average Bonchev–Trinajstić information content (AvgIpc) is 3.98. The summed E-state index contributed by atoms with van der Waals surface area (Å²) in [6.45, 7) is 6.66. The zero-order valence-electron chi connectivity index (χ0n) is 35.1. The number of nitrogens with zero attached hydrogens (tertiary/aromatic N) is 4. The molecular weight excluding hydrogens is 917 g/mol. The number of aromatic nitrogens is 4. The molecule has 4 heterocycles. The summed E-state index contributed by atoms with van der Waals surface area (Å²) >= 11 is 0. The second-order valence-electron chi connectivity index (χ2n) is 15.9. The highest BCUT2D eigenvalue weighted by molar-refractivity contribution is 5.83. The lowest BCUT2D eigenvalue weighted by Gasteiger charge is -2.32. The highest BCUT2D eigenvalue weighted by Gasteiger charge is 2.72. The summed E-state index contributed by atoms with van der Waals surface area (Å²) in [5.74, 6) is 2.16. The Morgan fingerprint density at radius 2 is 0.806 bits per heavy atom. The van der Waals surface area contributed by atoms with Gasteiger partial charge in [-0.15, -0.1) is 0 Å². The topological polar surface area (TPSA) is 112 Å². The Balaban J connectivity index is 0.939. The molecule has 67 heavy (non-hydrogen) atoms. The third-order valence-electron chi connectivity index (χ3n) is 11.5. The number of oxazole rings is 2. The number of aryl methyl sites for hydroxylation is 4. The van der Waals surface area contributed by atoms with Crippen LogP contribution in [-0.4, -0.2) is 54.0 Å². The molecule has 8 rings (SSSR count). The number of hydrogen-bond donors (Lipinski definition) is 2. The highest BCUT2D eigenvalue weighted by Crippen LogP contribution is 2.52. The van der Waals surface area contributed by atoms with E-state index in [0.29, 0.717) is 92.2 Å². The molecule has 0 spiro atoms. The van der Waals surface area contributed by atoms with E-state index >= 15 is 0 Å². The maximum atomic E-state index is 13.5. The predicted octanol–water partition coefficient (Wildman–Crippen LogP) is 12.7. The normalized spacial score (nSPS) is 13.3. The quantitative estimate of drug-likeness (QED) is 0.131. The predicted molar refractivity (Wildman–Crippen MR) is 217 cm³/mol. The van der Waals surface area contributed by atoms with Gasteiger partial charge in [0, 0.05) is 55.4 Å². The first-order valence-corrected chi connectivity index (χ1v) is 19.8. The molecule has 8 aromatic rings. The molecule has 0 bridgehead atoms. The van der Waals surface area contributed by atoms with Crippen LogP contribution in [0.5, 0.6) is 11.5 Å². The summed E-state index contributed by atoms with van der Waals surface area (Å²) in [5, 5.41) is 19.9. The third-order valence-corrected chi connectivity index (χ3v) is 11.5.